The maximum Gasteiger partial charge on any atom is 0.459 e. The van der Waals surface area contributed by atoms with Gasteiger partial charge >= 0.3 is 7.75 Å². The Hall–Kier alpha value is -3.64. The topological polar surface area (TPSA) is 152 Å². The van der Waals surface area contributed by atoms with E-state index in [1.54, 1.807) is 25.2 Å². The molecule has 13 heteroatoms. The summed E-state index contributed by atoms with van der Waals surface area (Å²) < 4.78 is 48.7. The van der Waals surface area contributed by atoms with Crippen LogP contribution in [0.25, 0.3) is 0 Å². The average Bonchev–Trinajstić information content (AvgIpc) is 3.30. The molecule has 0 aromatic heterocycles. The molecule has 2 unspecified atom stereocenters. The van der Waals surface area contributed by atoms with Crippen LogP contribution < -0.4 is 19.1 Å². The molecule has 1 heterocycles. The first-order valence-corrected chi connectivity index (χ1v) is 15.7. The van der Waals surface area contributed by atoms with Crippen LogP contribution in [0.2, 0.25) is 0 Å². The van der Waals surface area contributed by atoms with Crippen LogP contribution in [0.15, 0.2) is 36.4 Å². The van der Waals surface area contributed by atoms with E-state index in [2.05, 4.69) is 5.09 Å². The second kappa shape index (κ2) is 16.9. The highest BCUT2D eigenvalue weighted by atomic mass is 31.2. The Kier molecular flexibility index (Phi) is 13.3. The van der Waals surface area contributed by atoms with Gasteiger partial charge in [-0.05, 0) is 55.2 Å². The van der Waals surface area contributed by atoms with E-state index in [-0.39, 0.29) is 30.0 Å². The number of methoxy groups -OCH3 is 2. The van der Waals surface area contributed by atoms with Gasteiger partial charge in [0.15, 0.2) is 12.4 Å². The van der Waals surface area contributed by atoms with E-state index in [9.17, 15) is 19.9 Å². The van der Waals surface area contributed by atoms with Gasteiger partial charge in [0.1, 0.15) is 23.3 Å². The molecule has 0 saturated carbocycles. The lowest BCUT2D eigenvalue weighted by atomic mass is 10.1. The minimum atomic E-state index is -4.37. The Labute approximate surface area is 253 Å². The van der Waals surface area contributed by atoms with Gasteiger partial charge in [0.2, 0.25) is 0 Å². The normalized spacial score (nSPS) is 15.7. The van der Waals surface area contributed by atoms with Gasteiger partial charge in [0.05, 0.1) is 38.0 Å². The summed E-state index contributed by atoms with van der Waals surface area (Å²) in [4.78, 5) is 15.4. The average molecular weight is 615 g/mol. The van der Waals surface area contributed by atoms with Crippen molar-refractivity contribution in [1.29, 1.82) is 10.5 Å². The summed E-state index contributed by atoms with van der Waals surface area (Å²) in [6, 6.07) is 12.9. The zero-order valence-electron chi connectivity index (χ0n) is 25.0. The lowest BCUT2D eigenvalue weighted by Gasteiger charge is -2.30. The Morgan fingerprint density at radius 1 is 1.07 bits per heavy atom. The van der Waals surface area contributed by atoms with E-state index in [0.29, 0.717) is 36.7 Å². The van der Waals surface area contributed by atoms with Gasteiger partial charge < -0.3 is 28.4 Å². The molecule has 2 aromatic carbocycles. The van der Waals surface area contributed by atoms with Crippen LogP contribution in [0.5, 0.6) is 17.2 Å². The summed E-state index contributed by atoms with van der Waals surface area (Å²) in [5, 5.41) is 21.9. The molecule has 1 amide bonds. The first-order valence-electron chi connectivity index (χ1n) is 14.1. The number of likely N-dealkylation sites (N-methyl/N-ethyl adjacent to an activating group) is 1. The summed E-state index contributed by atoms with van der Waals surface area (Å²) in [6.07, 6.45) is 2.01. The molecule has 3 rings (SSSR count). The van der Waals surface area contributed by atoms with Gasteiger partial charge in [0, 0.05) is 32.9 Å². The number of amides is 1. The number of unbranched alkanes of at least 4 members (excludes halogenated alkanes) is 2. The van der Waals surface area contributed by atoms with Crippen molar-refractivity contribution in [3.63, 3.8) is 0 Å². The Balaban J connectivity index is 2.04. The van der Waals surface area contributed by atoms with Gasteiger partial charge in [-0.2, -0.15) is 10.5 Å². The lowest BCUT2D eigenvalue weighted by molar-refractivity contribution is -0.156. The summed E-state index contributed by atoms with van der Waals surface area (Å²) in [5.41, 5.74) is 0.532. The van der Waals surface area contributed by atoms with Crippen LogP contribution in [-0.2, 0) is 23.4 Å². The molecule has 0 bridgehead atoms. The van der Waals surface area contributed by atoms with Gasteiger partial charge in [-0.15, -0.1) is 0 Å². The maximum absolute atomic E-state index is 14.4. The lowest BCUT2D eigenvalue weighted by Crippen LogP contribution is -2.40. The van der Waals surface area contributed by atoms with Gasteiger partial charge in [-0.25, -0.2) is 9.65 Å². The molecule has 0 spiro atoms. The summed E-state index contributed by atoms with van der Waals surface area (Å²) in [6.45, 7) is 3.38. The third kappa shape index (κ3) is 9.96. The monoisotopic (exact) mass is 614 g/mol. The van der Waals surface area contributed by atoms with E-state index in [1.807, 2.05) is 19.1 Å². The second-order valence-electron chi connectivity index (χ2n) is 9.87. The van der Waals surface area contributed by atoms with Crippen LogP contribution in [0.1, 0.15) is 61.8 Å². The molecule has 232 valence electrons. The standard InChI is InChI=1S/C30H39N4O8P/c1-5-6-7-12-33-43(36,41-27-15-22(19-31)10-11-23(27)20-32)42-29(24-16-25(37-3)18-26(17-24)38-4)30(35)34(2)21-28-39-13-8-9-14-40-28/h10-11,15-18,28-29H,5-9,12-14,21H2,1-4H3,(H,33,36). The molecule has 1 saturated heterocycles. The number of ether oxygens (including phenoxy) is 4. The van der Waals surface area contributed by atoms with Crippen LogP contribution in [-0.4, -0.2) is 64.7 Å². The highest BCUT2D eigenvalue weighted by molar-refractivity contribution is 7.52. The number of nitrogens with one attached hydrogen (secondary N) is 1. The smallest absolute Gasteiger partial charge is 0.459 e. The maximum atomic E-state index is 14.4. The van der Waals surface area contributed by atoms with E-state index >= 15 is 0 Å². The quantitative estimate of drug-likeness (QED) is 0.211. The van der Waals surface area contributed by atoms with Crippen LogP contribution in [0.4, 0.5) is 0 Å². The second-order valence-corrected chi connectivity index (χ2v) is 11.6. The number of nitriles is 2. The van der Waals surface area contributed by atoms with Crippen molar-refractivity contribution in [2.24, 2.45) is 0 Å². The van der Waals surface area contributed by atoms with E-state index < -0.39 is 26.0 Å². The fraction of sp³-hybridized carbons (Fsp3) is 0.500. The fourth-order valence-electron chi connectivity index (χ4n) is 4.24. The molecule has 43 heavy (non-hydrogen) atoms. The molecule has 0 radical (unpaired) electrons. The number of benzene rings is 2. The molecule has 1 fully saturated rings. The number of carbonyl (C=O) groups is 1. The molecular weight excluding hydrogens is 575 g/mol. The number of hydrogen-bond donors (Lipinski definition) is 1. The SMILES string of the molecule is CCCCCNP(=O)(Oc1cc(C#N)ccc1C#N)OC(C(=O)N(C)CC1OCCCCO1)c1cc(OC)cc(OC)c1. The fourth-order valence-corrected chi connectivity index (χ4v) is 5.75. The van der Waals surface area contributed by atoms with E-state index in [1.165, 1.54) is 37.3 Å². The van der Waals surface area contributed by atoms with Crippen molar-refractivity contribution in [3.8, 4) is 29.4 Å². The van der Waals surface area contributed by atoms with Crippen molar-refractivity contribution in [2.75, 3.05) is 47.6 Å². The molecule has 1 aliphatic rings. The molecule has 0 aliphatic carbocycles. The van der Waals surface area contributed by atoms with Crippen molar-refractivity contribution < 1.29 is 37.4 Å². The summed E-state index contributed by atoms with van der Waals surface area (Å²) in [5.74, 6) is 0.0936. The van der Waals surface area contributed by atoms with Crippen molar-refractivity contribution >= 4 is 13.7 Å². The summed E-state index contributed by atoms with van der Waals surface area (Å²) in [7, 11) is 0.142. The first-order chi connectivity index (χ1) is 20.7. The van der Waals surface area contributed by atoms with Gasteiger partial charge in [-0.1, -0.05) is 19.8 Å². The minimum Gasteiger partial charge on any atom is -0.497 e. The van der Waals surface area contributed by atoms with Crippen LogP contribution >= 0.6 is 7.75 Å². The summed E-state index contributed by atoms with van der Waals surface area (Å²) >= 11 is 0. The Bertz CT molecular complexity index is 1330. The minimum absolute atomic E-state index is 0.0453. The van der Waals surface area contributed by atoms with Crippen LogP contribution in [0, 0.1) is 22.7 Å². The first kappa shape index (κ1) is 33.9. The predicted octanol–water partition coefficient (Wildman–Crippen LogP) is 5.08. The molecule has 1 aliphatic heterocycles. The van der Waals surface area contributed by atoms with Crippen LogP contribution in [0.3, 0.4) is 0 Å². The highest BCUT2D eigenvalue weighted by Gasteiger charge is 2.38. The number of rotatable bonds is 15. The number of carbonyl (C=O) groups excluding carboxylic acids is 1. The highest BCUT2D eigenvalue weighted by Crippen LogP contribution is 2.50. The van der Waals surface area contributed by atoms with E-state index in [4.69, 9.17) is 28.0 Å². The number of hydrogen-bond acceptors (Lipinski definition) is 10. The Morgan fingerprint density at radius 3 is 2.33 bits per heavy atom. The molecule has 12 nitrogen and oxygen atoms in total. The molecular formula is C30H39N4O8P. The van der Waals surface area contributed by atoms with Crippen molar-refractivity contribution in [3.05, 3.63) is 53.1 Å². The van der Waals surface area contributed by atoms with Gasteiger partial charge in [0.25, 0.3) is 5.91 Å². The third-order valence-corrected chi connectivity index (χ3v) is 8.16. The molecule has 1 N–H and O–H groups in total. The number of nitrogens with zero attached hydrogens (tertiary/aromatic N) is 3. The van der Waals surface area contributed by atoms with Crippen molar-refractivity contribution in [2.45, 2.75) is 51.4 Å². The third-order valence-electron chi connectivity index (χ3n) is 6.63. The van der Waals surface area contributed by atoms with E-state index in [0.717, 1.165) is 25.7 Å². The Morgan fingerprint density at radius 2 is 1.74 bits per heavy atom. The van der Waals surface area contributed by atoms with Gasteiger partial charge in [-0.3, -0.25) is 9.32 Å². The largest absolute Gasteiger partial charge is 0.497 e. The molecule has 2 aromatic rings. The van der Waals surface area contributed by atoms with Crippen molar-refractivity contribution in [1.82, 2.24) is 9.99 Å². The predicted molar refractivity (Wildman–Crippen MR) is 158 cm³/mol. The zero-order chi connectivity index (χ0) is 31.2. The molecule has 2 atom stereocenters. The zero-order valence-corrected chi connectivity index (χ0v) is 25.9.